The fourth-order valence-corrected chi connectivity index (χ4v) is 9.82. The Bertz CT molecular complexity index is 853. The second-order valence-corrected chi connectivity index (χ2v) is 30.0. The van der Waals surface area contributed by atoms with Crippen LogP contribution in [0.3, 0.4) is 0 Å². The molecule has 0 atom stereocenters. The zero-order valence-corrected chi connectivity index (χ0v) is 26.4. The van der Waals surface area contributed by atoms with Crippen LogP contribution < -0.4 is 39.0 Å². The summed E-state index contributed by atoms with van der Waals surface area (Å²) in [5.74, 6) is 0. The zero-order valence-electron chi connectivity index (χ0n) is 16.9. The molecule has 0 unspecified atom stereocenters. The van der Waals surface area contributed by atoms with Gasteiger partial charge in [0.15, 0.2) is 26.9 Å². The third kappa shape index (κ3) is 6.32. The van der Waals surface area contributed by atoms with Crippen molar-refractivity contribution in [1.82, 2.24) is 0 Å². The van der Waals surface area contributed by atoms with E-state index in [0.717, 1.165) is 0 Å². The molecule has 0 N–H and O–H groups in total. The standard InChI is InChI=1S/C22H25IN2P.I3/c1-24(2)19-14-8-10-16-21(19)26(23,18-12-6-5-7-13-18)22-17-11-9-15-20(22)25(3)4;1-3-2/h5-17H,1-4H3;/q+1;-1. The molecule has 3 rings (SSSR count). The van der Waals surface area contributed by atoms with Crippen LogP contribution in [0.15, 0.2) is 78.9 Å². The Kier molecular flexibility index (Phi) is 11.2. The number of rotatable bonds is 5. The van der Waals surface area contributed by atoms with E-state index in [-0.39, 0.29) is 0 Å². The number of nitrogens with zero attached hydrogens (tertiary/aromatic N) is 2. The summed E-state index contributed by atoms with van der Waals surface area (Å²) in [6, 6.07) is 28.6. The number of anilines is 2. The third-order valence-electron chi connectivity index (χ3n) is 4.50. The van der Waals surface area contributed by atoms with Gasteiger partial charge in [0.05, 0.1) is 11.4 Å². The van der Waals surface area contributed by atoms with Crippen LogP contribution in [0.5, 0.6) is 0 Å². The van der Waals surface area contributed by atoms with Gasteiger partial charge in [-0.05, 0) is 36.4 Å². The summed E-state index contributed by atoms with van der Waals surface area (Å²) >= 11 is 8.05. The maximum atomic E-state index is 2.75. The van der Waals surface area contributed by atoms with E-state index < -0.39 is 4.90 Å². The van der Waals surface area contributed by atoms with Crippen LogP contribution in [0, 0.1) is 0 Å². The number of hydrogen-bond acceptors (Lipinski definition) is 2. The molecule has 0 aliphatic carbocycles. The van der Waals surface area contributed by atoms with Crippen molar-refractivity contribution in [3.05, 3.63) is 78.9 Å². The fraction of sp³-hybridized carbons (Fsp3) is 0.182. The Morgan fingerprint density at radius 2 is 0.966 bits per heavy atom. The molecule has 29 heavy (non-hydrogen) atoms. The Morgan fingerprint density at radius 1 is 0.621 bits per heavy atom. The molecule has 0 saturated heterocycles. The first kappa shape index (κ1) is 25.9. The van der Waals surface area contributed by atoms with Crippen molar-refractivity contribution >= 4 is 91.5 Å². The van der Waals surface area contributed by atoms with Gasteiger partial charge in [-0.1, -0.05) is 42.5 Å². The molecule has 3 aromatic carbocycles. The molecule has 0 heterocycles. The number of para-hydroxylation sites is 2. The first-order chi connectivity index (χ1) is 13.9. The molecule has 0 aliphatic rings. The van der Waals surface area contributed by atoms with Gasteiger partial charge in [0.2, 0.25) is 0 Å². The van der Waals surface area contributed by atoms with Gasteiger partial charge in [-0.15, -0.1) is 0 Å². The van der Waals surface area contributed by atoms with Gasteiger partial charge in [-0.3, -0.25) is 0 Å². The molecule has 0 spiro atoms. The first-order valence-corrected chi connectivity index (χ1v) is 26.1. The van der Waals surface area contributed by atoms with E-state index in [4.69, 9.17) is 0 Å². The van der Waals surface area contributed by atoms with Crippen molar-refractivity contribution in [2.75, 3.05) is 38.0 Å². The molecule has 7 heteroatoms. The Balaban J connectivity index is 0.000000941. The molecular weight excluding hydrogens is 831 g/mol. The molecule has 0 aromatic heterocycles. The molecule has 0 fully saturated rings. The zero-order chi connectivity index (χ0) is 21.4. The normalized spacial score (nSPS) is 10.9. The topological polar surface area (TPSA) is 6.48 Å². The van der Waals surface area contributed by atoms with Gasteiger partial charge in [0.1, 0.15) is 15.9 Å². The number of hydrogen-bond donors (Lipinski definition) is 0. The predicted octanol–water partition coefficient (Wildman–Crippen LogP) is 3.24. The van der Waals surface area contributed by atoms with Crippen LogP contribution >= 0.6 is 64.2 Å². The monoisotopic (exact) mass is 856 g/mol. The Labute approximate surface area is 218 Å². The average Bonchev–Trinajstić information content (AvgIpc) is 2.74. The van der Waals surface area contributed by atoms with Crippen LogP contribution in [-0.4, -0.2) is 28.2 Å². The summed E-state index contributed by atoms with van der Waals surface area (Å²) in [7, 11) is 8.51. The summed E-state index contributed by atoms with van der Waals surface area (Å²) in [4.78, 5) is 2.63. The average molecular weight is 856 g/mol. The van der Waals surface area contributed by atoms with Gasteiger partial charge in [0, 0.05) is 28.2 Å². The Hall–Kier alpha value is 0.610. The van der Waals surface area contributed by atoms with Crippen molar-refractivity contribution in [1.29, 1.82) is 0 Å². The molecule has 0 aliphatic heterocycles. The SMILES string of the molecule is CN(C)c1ccccc1[P+](I)(c1ccccc1)c1ccccc1N(C)C.I[I-]I. The van der Waals surface area contributed by atoms with Crippen molar-refractivity contribution < 1.29 is 13.3 Å². The molecule has 2 nitrogen and oxygen atoms in total. The van der Waals surface area contributed by atoms with E-state index in [9.17, 15) is 0 Å². The van der Waals surface area contributed by atoms with Crippen molar-refractivity contribution in [2.45, 2.75) is 0 Å². The van der Waals surface area contributed by atoms with E-state index in [1.807, 2.05) is 0 Å². The molecule has 0 bridgehead atoms. The van der Waals surface area contributed by atoms with Gasteiger partial charge in [0.25, 0.3) is 0 Å². The fourth-order valence-electron chi connectivity index (χ4n) is 3.25. The molecule has 0 saturated carbocycles. The summed E-state index contributed by atoms with van der Waals surface area (Å²) in [5, 5.41) is 4.21. The van der Waals surface area contributed by atoms with Crippen molar-refractivity contribution in [2.24, 2.45) is 0 Å². The van der Waals surface area contributed by atoms with E-state index in [1.165, 1.54) is 27.3 Å². The molecule has 0 amide bonds. The summed E-state index contributed by atoms with van der Waals surface area (Å²) in [6.07, 6.45) is 0. The van der Waals surface area contributed by atoms with E-state index in [1.54, 1.807) is 0 Å². The summed E-state index contributed by atoms with van der Waals surface area (Å²) in [5.41, 5.74) is 2.57. The molecular formula is C22H25I4N2P. The summed E-state index contributed by atoms with van der Waals surface area (Å²) < 4.78 is 0. The van der Waals surface area contributed by atoms with Gasteiger partial charge in [-0.25, -0.2) is 0 Å². The quantitative estimate of drug-likeness (QED) is 0.288. The molecule has 3 aromatic rings. The first-order valence-electron chi connectivity index (χ1n) is 8.93. The van der Waals surface area contributed by atoms with Crippen LogP contribution in [0.2, 0.25) is 0 Å². The minimum absolute atomic E-state index is 0.530. The molecule has 156 valence electrons. The molecule has 0 radical (unpaired) electrons. The van der Waals surface area contributed by atoms with Crippen LogP contribution in [-0.2, 0) is 0 Å². The minimum atomic E-state index is -1.82. The third-order valence-corrected chi connectivity index (χ3v) is 12.4. The van der Waals surface area contributed by atoms with Crippen LogP contribution in [0.1, 0.15) is 0 Å². The number of halogens is 4. The van der Waals surface area contributed by atoms with E-state index >= 15 is 0 Å². The maximum absolute atomic E-state index is 2.75. The van der Waals surface area contributed by atoms with Crippen LogP contribution in [0.25, 0.3) is 0 Å². The second kappa shape index (κ2) is 12.6. The second-order valence-electron chi connectivity index (χ2n) is 6.74. The van der Waals surface area contributed by atoms with Crippen LogP contribution in [0.4, 0.5) is 11.4 Å². The van der Waals surface area contributed by atoms with Gasteiger partial charge < -0.3 is 9.80 Å². The number of benzene rings is 3. The van der Waals surface area contributed by atoms with E-state index in [2.05, 4.69) is 176 Å². The van der Waals surface area contributed by atoms with Crippen molar-refractivity contribution in [3.63, 3.8) is 0 Å². The summed E-state index contributed by atoms with van der Waals surface area (Å²) in [6.45, 7) is 0. The predicted molar refractivity (Wildman–Crippen MR) is 156 cm³/mol. The van der Waals surface area contributed by atoms with Gasteiger partial charge >= 0.3 is 50.5 Å². The van der Waals surface area contributed by atoms with E-state index in [0.29, 0.717) is 13.3 Å². The van der Waals surface area contributed by atoms with Gasteiger partial charge in [-0.2, -0.15) is 0 Å². The van der Waals surface area contributed by atoms with Crippen molar-refractivity contribution in [3.8, 4) is 0 Å². The Morgan fingerprint density at radius 3 is 1.34 bits per heavy atom.